The Morgan fingerprint density at radius 2 is 1.86 bits per heavy atom. The van der Waals surface area contributed by atoms with E-state index in [9.17, 15) is 26.4 Å². The Morgan fingerprint density at radius 3 is 2.63 bits per heavy atom. The van der Waals surface area contributed by atoms with Gasteiger partial charge in [-0.05, 0) is 74.7 Å². The number of hydrogen-bond acceptors (Lipinski definition) is 8. The molecule has 0 aliphatic carbocycles. The SMILES string of the molecule is CCCS(=O)(=O)N(C)C1CCN(CC2CCCN2C(=O)CN2CCCC(NS(=O)(=O)c3cc4cc(Cl)ccc4s3)C2=O)C1. The smallest absolute Gasteiger partial charge is 0.250 e. The van der Waals surface area contributed by atoms with E-state index in [1.807, 2.05) is 11.8 Å². The number of amides is 2. The zero-order valence-corrected chi connectivity index (χ0v) is 27.8. The van der Waals surface area contributed by atoms with Crippen molar-refractivity contribution in [2.75, 3.05) is 52.1 Å². The molecule has 15 heteroatoms. The minimum Gasteiger partial charge on any atom is -0.337 e. The van der Waals surface area contributed by atoms with E-state index in [1.54, 1.807) is 31.3 Å². The van der Waals surface area contributed by atoms with Gasteiger partial charge >= 0.3 is 0 Å². The van der Waals surface area contributed by atoms with Gasteiger partial charge in [-0.3, -0.25) is 14.5 Å². The first kappa shape index (κ1) is 32.6. The van der Waals surface area contributed by atoms with Crippen molar-refractivity contribution >= 4 is 64.9 Å². The molecule has 2 aromatic rings. The van der Waals surface area contributed by atoms with E-state index in [2.05, 4.69) is 9.62 Å². The van der Waals surface area contributed by atoms with E-state index in [1.165, 1.54) is 9.21 Å². The monoisotopic (exact) mass is 673 g/mol. The van der Waals surface area contributed by atoms with E-state index in [4.69, 9.17) is 11.6 Å². The number of rotatable bonds is 11. The molecule has 0 bridgehead atoms. The Bertz CT molecular complexity index is 1570. The summed E-state index contributed by atoms with van der Waals surface area (Å²) in [5.41, 5.74) is 0. The van der Waals surface area contributed by atoms with Crippen molar-refractivity contribution in [2.24, 2.45) is 0 Å². The van der Waals surface area contributed by atoms with Crippen molar-refractivity contribution in [3.05, 3.63) is 29.3 Å². The van der Waals surface area contributed by atoms with Crippen LogP contribution in [-0.2, 0) is 29.6 Å². The van der Waals surface area contributed by atoms with E-state index < -0.39 is 26.1 Å². The zero-order valence-electron chi connectivity index (χ0n) is 24.6. The topological polar surface area (TPSA) is 127 Å². The summed E-state index contributed by atoms with van der Waals surface area (Å²) in [5.74, 6) is -0.385. The number of carbonyl (C=O) groups is 2. The molecule has 3 saturated heterocycles. The predicted molar refractivity (Wildman–Crippen MR) is 168 cm³/mol. The van der Waals surface area contributed by atoms with Gasteiger partial charge in [0, 0.05) is 55.0 Å². The maximum Gasteiger partial charge on any atom is 0.250 e. The third-order valence-electron chi connectivity index (χ3n) is 8.70. The number of hydrogen-bond donors (Lipinski definition) is 1. The van der Waals surface area contributed by atoms with E-state index in [0.717, 1.165) is 47.2 Å². The number of nitrogens with zero attached hydrogens (tertiary/aromatic N) is 4. The van der Waals surface area contributed by atoms with Gasteiger partial charge in [0.1, 0.15) is 10.3 Å². The Balaban J connectivity index is 1.17. The molecule has 238 valence electrons. The molecule has 1 aromatic heterocycles. The quantitative estimate of drug-likeness (QED) is 0.389. The molecule has 0 spiro atoms. The van der Waals surface area contributed by atoms with Gasteiger partial charge in [-0.1, -0.05) is 18.5 Å². The number of likely N-dealkylation sites (tertiary alicyclic amines) is 3. The average molecular weight is 674 g/mol. The zero-order chi connectivity index (χ0) is 30.9. The molecular formula is C28H40ClN5O6S3. The molecule has 1 aromatic carbocycles. The highest BCUT2D eigenvalue weighted by atomic mass is 35.5. The van der Waals surface area contributed by atoms with Crippen molar-refractivity contribution in [1.82, 2.24) is 23.7 Å². The average Bonchev–Trinajstić information content (AvgIpc) is 3.70. The van der Waals surface area contributed by atoms with Gasteiger partial charge in [-0.15, -0.1) is 11.3 Å². The predicted octanol–water partition coefficient (Wildman–Crippen LogP) is 2.56. The van der Waals surface area contributed by atoms with Gasteiger partial charge in [-0.2, -0.15) is 4.72 Å². The van der Waals surface area contributed by atoms with Crippen LogP contribution in [0.3, 0.4) is 0 Å². The summed E-state index contributed by atoms with van der Waals surface area (Å²) in [5, 5.41) is 1.23. The highest BCUT2D eigenvalue weighted by Gasteiger charge is 2.38. The Kier molecular flexibility index (Phi) is 10.1. The standard InChI is InChI=1S/C28H40ClN5O6S3/c1-3-14-42(37,38)31(2)22-10-13-32(17-22)18-23-6-4-12-34(23)26(35)19-33-11-5-7-24(28(33)36)30-43(39,40)27-16-20-15-21(29)8-9-25(20)41-27/h8-9,15-16,22-24,30H,3-7,10-14,17-19H2,1-2H3. The number of nitrogens with one attached hydrogen (secondary N) is 1. The van der Waals surface area contributed by atoms with Crippen molar-refractivity contribution in [1.29, 1.82) is 0 Å². The minimum atomic E-state index is -3.94. The van der Waals surface area contributed by atoms with E-state index in [-0.39, 0.29) is 40.4 Å². The van der Waals surface area contributed by atoms with Crippen molar-refractivity contribution < 1.29 is 26.4 Å². The number of likely N-dealkylation sites (N-methyl/N-ethyl adjacent to an activating group) is 1. The number of fused-ring (bicyclic) bond motifs is 1. The second kappa shape index (κ2) is 13.3. The summed E-state index contributed by atoms with van der Waals surface area (Å²) in [6, 6.07) is 5.73. The summed E-state index contributed by atoms with van der Waals surface area (Å²) < 4.78 is 56.4. The molecular weight excluding hydrogens is 634 g/mol. The molecule has 11 nitrogen and oxygen atoms in total. The van der Waals surface area contributed by atoms with Gasteiger partial charge in [0.15, 0.2) is 0 Å². The molecule has 43 heavy (non-hydrogen) atoms. The lowest BCUT2D eigenvalue weighted by molar-refractivity contribution is -0.143. The van der Waals surface area contributed by atoms with Crippen LogP contribution in [0.15, 0.2) is 28.5 Å². The number of sulfonamides is 2. The van der Waals surface area contributed by atoms with Crippen molar-refractivity contribution in [3.8, 4) is 0 Å². The molecule has 5 rings (SSSR count). The summed E-state index contributed by atoms with van der Waals surface area (Å²) in [4.78, 5) is 32.3. The van der Waals surface area contributed by atoms with Gasteiger partial charge < -0.3 is 9.80 Å². The summed E-state index contributed by atoms with van der Waals surface area (Å²) >= 11 is 7.17. The molecule has 0 saturated carbocycles. The maximum absolute atomic E-state index is 13.4. The molecule has 3 fully saturated rings. The number of halogens is 1. The fourth-order valence-electron chi connectivity index (χ4n) is 6.38. The van der Waals surface area contributed by atoms with E-state index >= 15 is 0 Å². The van der Waals surface area contributed by atoms with Gasteiger partial charge in [0.2, 0.25) is 21.8 Å². The minimum absolute atomic E-state index is 0.000498. The van der Waals surface area contributed by atoms with Crippen LogP contribution in [0.2, 0.25) is 5.02 Å². The second-order valence-electron chi connectivity index (χ2n) is 11.7. The second-order valence-corrected chi connectivity index (χ2v) is 17.4. The maximum atomic E-state index is 13.4. The van der Waals surface area contributed by atoms with Crippen LogP contribution in [0, 0.1) is 0 Å². The Labute approximate surface area is 263 Å². The van der Waals surface area contributed by atoms with E-state index in [0.29, 0.717) is 50.5 Å². The summed E-state index contributed by atoms with van der Waals surface area (Å²) in [7, 11) is -5.56. The third-order valence-corrected chi connectivity index (χ3v) is 14.1. The number of piperidine rings is 1. The molecule has 3 aliphatic heterocycles. The lowest BCUT2D eigenvalue weighted by atomic mass is 10.1. The number of thiophene rings is 1. The fraction of sp³-hybridized carbons (Fsp3) is 0.643. The molecule has 3 aliphatic rings. The van der Waals surface area contributed by atoms with Crippen LogP contribution in [0.4, 0.5) is 0 Å². The number of benzene rings is 1. The lowest BCUT2D eigenvalue weighted by Crippen LogP contribution is -2.55. The van der Waals surface area contributed by atoms with Crippen LogP contribution >= 0.6 is 22.9 Å². The summed E-state index contributed by atoms with van der Waals surface area (Å²) in [6.07, 6.45) is 4.01. The first-order valence-electron chi connectivity index (χ1n) is 14.9. The van der Waals surface area contributed by atoms with Crippen LogP contribution in [0.5, 0.6) is 0 Å². The van der Waals surface area contributed by atoms with Gasteiger partial charge in [-0.25, -0.2) is 21.1 Å². The normalized spacial score (nSPS) is 24.1. The fourth-order valence-corrected chi connectivity index (χ4v) is 10.6. The molecule has 3 atom stereocenters. The number of carbonyl (C=O) groups excluding carboxylic acids is 2. The van der Waals surface area contributed by atoms with Crippen LogP contribution in [-0.4, -0.2) is 118 Å². The first-order valence-corrected chi connectivity index (χ1v) is 19.1. The molecule has 1 N–H and O–H groups in total. The Hall–Kier alpha value is -1.81. The van der Waals surface area contributed by atoms with Crippen molar-refractivity contribution in [2.45, 2.75) is 67.8 Å². The van der Waals surface area contributed by atoms with Crippen LogP contribution in [0.1, 0.15) is 45.4 Å². The van der Waals surface area contributed by atoms with Crippen LogP contribution < -0.4 is 4.72 Å². The molecule has 0 radical (unpaired) electrons. The van der Waals surface area contributed by atoms with Gasteiger partial charge in [0.05, 0.1) is 12.3 Å². The van der Waals surface area contributed by atoms with Gasteiger partial charge in [0.25, 0.3) is 10.0 Å². The largest absolute Gasteiger partial charge is 0.337 e. The lowest BCUT2D eigenvalue weighted by Gasteiger charge is -2.35. The highest BCUT2D eigenvalue weighted by molar-refractivity contribution is 7.91. The molecule has 4 heterocycles. The highest BCUT2D eigenvalue weighted by Crippen LogP contribution is 2.31. The van der Waals surface area contributed by atoms with Crippen LogP contribution in [0.25, 0.3) is 10.1 Å². The third kappa shape index (κ3) is 7.37. The van der Waals surface area contributed by atoms with Crippen molar-refractivity contribution in [3.63, 3.8) is 0 Å². The Morgan fingerprint density at radius 1 is 1.09 bits per heavy atom. The molecule has 3 unspecified atom stereocenters. The molecule has 2 amide bonds. The first-order chi connectivity index (χ1) is 20.4. The summed E-state index contributed by atoms with van der Waals surface area (Å²) in [6.45, 7) is 4.86.